The molecule has 4 nitrogen and oxygen atoms in total. The van der Waals surface area contributed by atoms with Gasteiger partial charge in [-0.15, -0.1) is 0 Å². The summed E-state index contributed by atoms with van der Waals surface area (Å²) in [4.78, 5) is 11.7. The molecule has 0 aliphatic heterocycles. The highest BCUT2D eigenvalue weighted by Gasteiger charge is 2.04. The third-order valence-electron chi connectivity index (χ3n) is 1.75. The van der Waals surface area contributed by atoms with Crippen molar-refractivity contribution in [1.82, 2.24) is 15.0 Å². The van der Waals surface area contributed by atoms with E-state index in [9.17, 15) is 0 Å². The molecule has 70 valence electrons. The van der Waals surface area contributed by atoms with Gasteiger partial charge in [-0.05, 0) is 6.07 Å². The molecule has 2 N–H and O–H groups in total. The topological polar surface area (TPSA) is 64.7 Å². The zero-order valence-electron chi connectivity index (χ0n) is 7.18. The van der Waals surface area contributed by atoms with Crippen LogP contribution in [-0.2, 0) is 0 Å². The van der Waals surface area contributed by atoms with E-state index in [1.165, 1.54) is 6.33 Å². The highest BCUT2D eigenvalue weighted by molar-refractivity contribution is 6.33. The Labute approximate surface area is 85.8 Å². The number of hydrogen-bond acceptors (Lipinski definition) is 4. The van der Waals surface area contributed by atoms with Crippen molar-refractivity contribution in [2.24, 2.45) is 0 Å². The third-order valence-corrected chi connectivity index (χ3v) is 2.06. The summed E-state index contributed by atoms with van der Waals surface area (Å²) in [6.07, 6.45) is 6.41. The highest BCUT2D eigenvalue weighted by atomic mass is 35.5. The van der Waals surface area contributed by atoms with Gasteiger partial charge in [-0.2, -0.15) is 0 Å². The van der Waals surface area contributed by atoms with Crippen molar-refractivity contribution >= 4 is 17.4 Å². The Balaban J connectivity index is 2.53. The van der Waals surface area contributed by atoms with Gasteiger partial charge in [0.15, 0.2) is 0 Å². The molecule has 0 aromatic carbocycles. The predicted molar refractivity (Wildman–Crippen MR) is 54.7 cm³/mol. The zero-order valence-corrected chi connectivity index (χ0v) is 7.94. The van der Waals surface area contributed by atoms with Crippen LogP contribution in [0, 0.1) is 0 Å². The molecule has 2 rings (SSSR count). The van der Waals surface area contributed by atoms with E-state index >= 15 is 0 Å². The number of nitrogen functional groups attached to an aromatic ring is 1. The molecule has 0 atom stereocenters. The molecule has 5 heteroatoms. The van der Waals surface area contributed by atoms with E-state index < -0.39 is 0 Å². The third kappa shape index (κ3) is 1.65. The lowest BCUT2D eigenvalue weighted by Crippen LogP contribution is -1.91. The number of pyridine rings is 1. The van der Waals surface area contributed by atoms with Crippen molar-refractivity contribution in [1.29, 1.82) is 0 Å². The fraction of sp³-hybridized carbons (Fsp3) is 0. The lowest BCUT2D eigenvalue weighted by Gasteiger charge is -2.02. The molecule has 0 radical (unpaired) electrons. The molecule has 14 heavy (non-hydrogen) atoms. The van der Waals surface area contributed by atoms with Gasteiger partial charge in [-0.25, -0.2) is 15.0 Å². The van der Waals surface area contributed by atoms with Crippen molar-refractivity contribution in [2.45, 2.75) is 0 Å². The number of nitrogens with zero attached hydrogens (tertiary/aromatic N) is 3. The first kappa shape index (κ1) is 8.90. The van der Waals surface area contributed by atoms with Gasteiger partial charge in [-0.1, -0.05) is 11.6 Å². The second kappa shape index (κ2) is 3.59. The van der Waals surface area contributed by atoms with Crippen LogP contribution in [0.15, 0.2) is 31.0 Å². The maximum atomic E-state index is 5.99. The van der Waals surface area contributed by atoms with Crippen LogP contribution in [0.1, 0.15) is 0 Å². The van der Waals surface area contributed by atoms with E-state index in [0.29, 0.717) is 10.8 Å². The van der Waals surface area contributed by atoms with Gasteiger partial charge < -0.3 is 5.73 Å². The molecule has 0 aliphatic rings. The molecule has 0 aliphatic carbocycles. The van der Waals surface area contributed by atoms with E-state index in [4.69, 9.17) is 17.3 Å². The molecular weight excluding hydrogens is 200 g/mol. The molecule has 2 heterocycles. The predicted octanol–water partition coefficient (Wildman–Crippen LogP) is 1.77. The molecule has 0 saturated heterocycles. The largest absolute Gasteiger partial charge is 0.384 e. The molecule has 2 aromatic heterocycles. The number of halogens is 1. The quantitative estimate of drug-likeness (QED) is 0.773. The van der Waals surface area contributed by atoms with Crippen LogP contribution in [0.5, 0.6) is 0 Å². The molecule has 2 aromatic rings. The number of nitrogens with two attached hydrogens (primary N) is 1. The van der Waals surface area contributed by atoms with Crippen LogP contribution in [0.3, 0.4) is 0 Å². The van der Waals surface area contributed by atoms with Crippen molar-refractivity contribution in [3.05, 3.63) is 36.0 Å². The van der Waals surface area contributed by atoms with Gasteiger partial charge in [0.05, 0.1) is 5.02 Å². The zero-order chi connectivity index (χ0) is 9.97. The summed E-state index contributed by atoms with van der Waals surface area (Å²) in [6, 6.07) is 1.60. The van der Waals surface area contributed by atoms with Crippen molar-refractivity contribution < 1.29 is 0 Å². The van der Waals surface area contributed by atoms with E-state index in [2.05, 4.69) is 15.0 Å². The van der Waals surface area contributed by atoms with Crippen molar-refractivity contribution in [3.63, 3.8) is 0 Å². The van der Waals surface area contributed by atoms with Gasteiger partial charge >= 0.3 is 0 Å². The summed E-state index contributed by atoms with van der Waals surface area (Å²) in [7, 11) is 0. The number of aromatic nitrogens is 3. The van der Waals surface area contributed by atoms with Crippen LogP contribution in [0.4, 0.5) is 5.82 Å². The van der Waals surface area contributed by atoms with Crippen LogP contribution in [-0.4, -0.2) is 15.0 Å². The minimum Gasteiger partial charge on any atom is -0.384 e. The van der Waals surface area contributed by atoms with E-state index in [1.807, 2.05) is 0 Å². The van der Waals surface area contributed by atoms with Gasteiger partial charge in [0.2, 0.25) is 0 Å². The average Bonchev–Trinajstić information content (AvgIpc) is 2.19. The first-order valence-corrected chi connectivity index (χ1v) is 4.31. The van der Waals surface area contributed by atoms with E-state index in [1.54, 1.807) is 24.7 Å². The Morgan fingerprint density at radius 2 is 1.86 bits per heavy atom. The normalized spacial score (nSPS) is 10.1. The summed E-state index contributed by atoms with van der Waals surface area (Å²) >= 11 is 5.99. The maximum Gasteiger partial charge on any atom is 0.124 e. The molecule has 0 unspecified atom stereocenters. The Morgan fingerprint density at radius 1 is 1.14 bits per heavy atom. The summed E-state index contributed by atoms with van der Waals surface area (Å²) in [5.74, 6) is 0.399. The van der Waals surface area contributed by atoms with Gasteiger partial charge in [0.1, 0.15) is 12.1 Å². The van der Waals surface area contributed by atoms with Gasteiger partial charge in [0, 0.05) is 29.7 Å². The molecule has 0 amide bonds. The maximum absolute atomic E-state index is 5.99. The Bertz CT molecular complexity index is 444. The fourth-order valence-corrected chi connectivity index (χ4v) is 1.37. The molecular formula is C9H7ClN4. The van der Waals surface area contributed by atoms with Crippen molar-refractivity contribution in [3.8, 4) is 11.1 Å². The minimum atomic E-state index is 0.399. The van der Waals surface area contributed by atoms with Gasteiger partial charge in [0.25, 0.3) is 0 Å². The van der Waals surface area contributed by atoms with Crippen LogP contribution < -0.4 is 5.73 Å². The Morgan fingerprint density at radius 3 is 2.50 bits per heavy atom. The summed E-state index contributed by atoms with van der Waals surface area (Å²) < 4.78 is 0. The van der Waals surface area contributed by atoms with Gasteiger partial charge in [-0.3, -0.25) is 0 Å². The number of anilines is 1. The smallest absolute Gasteiger partial charge is 0.124 e. The minimum absolute atomic E-state index is 0.399. The standard InChI is InChI=1S/C9H7ClN4/c10-8-1-9(11)14-4-7(8)6-2-12-5-13-3-6/h1-5H,(H2,11,14). The first-order valence-electron chi connectivity index (χ1n) is 3.94. The van der Waals surface area contributed by atoms with Crippen LogP contribution >= 0.6 is 11.6 Å². The Hall–Kier alpha value is -1.68. The van der Waals surface area contributed by atoms with E-state index in [-0.39, 0.29) is 0 Å². The summed E-state index contributed by atoms with van der Waals surface area (Å²) in [6.45, 7) is 0. The van der Waals surface area contributed by atoms with Crippen LogP contribution in [0.25, 0.3) is 11.1 Å². The lowest BCUT2D eigenvalue weighted by atomic mass is 10.1. The first-order chi connectivity index (χ1) is 6.77. The number of rotatable bonds is 1. The summed E-state index contributed by atoms with van der Waals surface area (Å²) in [5.41, 5.74) is 7.08. The molecule has 0 spiro atoms. The average molecular weight is 207 g/mol. The molecule has 0 saturated carbocycles. The fourth-order valence-electron chi connectivity index (χ4n) is 1.10. The number of hydrogen-bond donors (Lipinski definition) is 1. The highest BCUT2D eigenvalue weighted by Crippen LogP contribution is 2.26. The van der Waals surface area contributed by atoms with Crippen LogP contribution in [0.2, 0.25) is 5.02 Å². The second-order valence-corrected chi connectivity index (χ2v) is 3.12. The monoisotopic (exact) mass is 206 g/mol. The summed E-state index contributed by atoms with van der Waals surface area (Å²) in [5, 5.41) is 0.548. The SMILES string of the molecule is Nc1cc(Cl)c(-c2cncnc2)cn1. The Kier molecular flexibility index (Phi) is 2.28. The molecule has 0 fully saturated rings. The lowest BCUT2D eigenvalue weighted by molar-refractivity contribution is 1.17. The molecule has 0 bridgehead atoms. The van der Waals surface area contributed by atoms with Crippen molar-refractivity contribution in [2.75, 3.05) is 5.73 Å². The van der Waals surface area contributed by atoms with E-state index in [0.717, 1.165) is 11.1 Å². The second-order valence-electron chi connectivity index (χ2n) is 2.72.